The molecule has 0 bridgehead atoms. The maximum absolute atomic E-state index is 9.25. The van der Waals surface area contributed by atoms with E-state index in [0.29, 0.717) is 0 Å². The Labute approximate surface area is 121 Å². The Morgan fingerprint density at radius 2 is 1.75 bits per heavy atom. The van der Waals surface area contributed by atoms with Crippen LogP contribution in [-0.2, 0) is 11.3 Å². The first kappa shape index (κ1) is 15.3. The van der Waals surface area contributed by atoms with E-state index >= 15 is 0 Å². The predicted octanol–water partition coefficient (Wildman–Crippen LogP) is 3.52. The van der Waals surface area contributed by atoms with Crippen molar-refractivity contribution in [3.8, 4) is 5.75 Å². The summed E-state index contributed by atoms with van der Waals surface area (Å²) in [6.45, 7) is 12.5. The molecule has 0 amide bonds. The lowest BCUT2D eigenvalue weighted by Gasteiger charge is -2.28. The van der Waals surface area contributed by atoms with Gasteiger partial charge in [-0.2, -0.15) is 0 Å². The van der Waals surface area contributed by atoms with E-state index in [1.807, 2.05) is 26.0 Å². The zero-order chi connectivity index (χ0) is 15.1. The molecule has 0 radical (unpaired) electrons. The minimum Gasteiger partial charge on any atom is -0.487 e. The topological polar surface area (TPSA) is 38.7 Å². The highest BCUT2D eigenvalue weighted by molar-refractivity contribution is 5.43. The molecule has 0 saturated carbocycles. The molecular weight excluding hydrogens is 252 g/mol. The Balaban J connectivity index is 2.27. The Kier molecular flexibility index (Phi) is 3.87. The summed E-state index contributed by atoms with van der Waals surface area (Å²) < 4.78 is 12.4. The van der Waals surface area contributed by atoms with E-state index in [1.165, 1.54) is 0 Å². The maximum atomic E-state index is 9.25. The summed E-state index contributed by atoms with van der Waals surface area (Å²) in [5.74, 6) is 0.918. The number of aryl methyl sites for hydroxylation is 2. The summed E-state index contributed by atoms with van der Waals surface area (Å²) >= 11 is 0. The third kappa shape index (κ3) is 2.99. The molecule has 0 aliphatic carbocycles. The van der Waals surface area contributed by atoms with Gasteiger partial charge in [-0.25, -0.2) is 0 Å². The van der Waals surface area contributed by atoms with Crippen molar-refractivity contribution in [2.24, 2.45) is 0 Å². The number of aliphatic hydroxyl groups is 1. The van der Waals surface area contributed by atoms with E-state index in [-0.39, 0.29) is 23.9 Å². The summed E-state index contributed by atoms with van der Waals surface area (Å²) in [4.78, 5) is 0. The van der Waals surface area contributed by atoms with Crippen molar-refractivity contribution in [2.45, 2.75) is 71.9 Å². The van der Waals surface area contributed by atoms with Gasteiger partial charge < -0.3 is 14.6 Å². The number of rotatable bonds is 3. The van der Waals surface area contributed by atoms with Crippen LogP contribution in [0.3, 0.4) is 0 Å². The largest absolute Gasteiger partial charge is 0.487 e. The van der Waals surface area contributed by atoms with Crippen molar-refractivity contribution >= 4 is 0 Å². The number of benzene rings is 1. The molecule has 1 atom stereocenters. The van der Waals surface area contributed by atoms with Crippen LogP contribution in [0.5, 0.6) is 5.75 Å². The minimum atomic E-state index is -0.294. The summed E-state index contributed by atoms with van der Waals surface area (Å²) in [6, 6.07) is 3.96. The fraction of sp³-hybridized carbons (Fsp3) is 0.647. The lowest BCUT2D eigenvalue weighted by atomic mass is 9.96. The minimum absolute atomic E-state index is 0.0369. The molecule has 1 N–H and O–H groups in total. The van der Waals surface area contributed by atoms with Crippen LogP contribution in [-0.4, -0.2) is 22.4 Å². The first-order valence-corrected chi connectivity index (χ1v) is 7.22. The fourth-order valence-corrected chi connectivity index (χ4v) is 3.15. The van der Waals surface area contributed by atoms with E-state index in [2.05, 4.69) is 27.7 Å². The van der Waals surface area contributed by atoms with Crippen LogP contribution in [0.15, 0.2) is 12.1 Å². The average Bonchev–Trinajstić information content (AvgIpc) is 2.51. The number of ether oxygens (including phenoxy) is 2. The molecular formula is C17H26O3. The lowest BCUT2D eigenvalue weighted by Crippen LogP contribution is -2.37. The van der Waals surface area contributed by atoms with Crippen molar-refractivity contribution in [3.05, 3.63) is 28.8 Å². The third-order valence-electron chi connectivity index (χ3n) is 3.95. The smallest absolute Gasteiger partial charge is 0.130 e. The van der Waals surface area contributed by atoms with Gasteiger partial charge in [-0.05, 0) is 58.2 Å². The summed E-state index contributed by atoms with van der Waals surface area (Å²) in [7, 11) is 0. The van der Waals surface area contributed by atoms with Crippen molar-refractivity contribution in [1.29, 1.82) is 0 Å². The van der Waals surface area contributed by atoms with Gasteiger partial charge in [0, 0.05) is 6.42 Å². The molecule has 0 spiro atoms. The van der Waals surface area contributed by atoms with Crippen molar-refractivity contribution < 1.29 is 14.6 Å². The predicted molar refractivity (Wildman–Crippen MR) is 80.1 cm³/mol. The van der Waals surface area contributed by atoms with Crippen LogP contribution in [0.25, 0.3) is 0 Å². The number of hydrogen-bond donors (Lipinski definition) is 1. The van der Waals surface area contributed by atoms with Gasteiger partial charge >= 0.3 is 0 Å². The number of aliphatic hydroxyl groups excluding tert-OH is 1. The van der Waals surface area contributed by atoms with Gasteiger partial charge in [-0.15, -0.1) is 0 Å². The van der Waals surface area contributed by atoms with Gasteiger partial charge in [0.1, 0.15) is 17.5 Å². The van der Waals surface area contributed by atoms with Crippen molar-refractivity contribution in [3.63, 3.8) is 0 Å². The molecule has 1 unspecified atom stereocenters. The SMILES string of the molecule is Cc1cc(CO)cc(C)c1OC1CC(C)(C)OC1(C)C. The van der Waals surface area contributed by atoms with Gasteiger partial charge in [0.2, 0.25) is 0 Å². The molecule has 112 valence electrons. The third-order valence-corrected chi connectivity index (χ3v) is 3.95. The molecule has 1 aliphatic heterocycles. The monoisotopic (exact) mass is 278 g/mol. The number of hydrogen-bond acceptors (Lipinski definition) is 3. The van der Waals surface area contributed by atoms with Gasteiger partial charge in [0.15, 0.2) is 0 Å². The fourth-order valence-electron chi connectivity index (χ4n) is 3.15. The van der Waals surface area contributed by atoms with Crippen LogP contribution >= 0.6 is 0 Å². The normalized spacial score (nSPS) is 23.9. The Morgan fingerprint density at radius 1 is 1.20 bits per heavy atom. The van der Waals surface area contributed by atoms with E-state index in [9.17, 15) is 5.11 Å². The Bertz CT molecular complexity index is 480. The molecule has 3 nitrogen and oxygen atoms in total. The highest BCUT2D eigenvalue weighted by Gasteiger charge is 2.47. The second-order valence-electron chi connectivity index (χ2n) is 6.99. The molecule has 3 heteroatoms. The van der Waals surface area contributed by atoms with Crippen molar-refractivity contribution in [2.75, 3.05) is 0 Å². The van der Waals surface area contributed by atoms with Crippen LogP contribution in [0.4, 0.5) is 0 Å². The molecule has 1 fully saturated rings. The van der Waals surface area contributed by atoms with Crippen LogP contribution in [0, 0.1) is 13.8 Å². The van der Waals surface area contributed by atoms with Crippen LogP contribution in [0.1, 0.15) is 50.8 Å². The first-order valence-electron chi connectivity index (χ1n) is 7.22. The average molecular weight is 278 g/mol. The molecule has 1 saturated heterocycles. The van der Waals surface area contributed by atoms with Gasteiger partial charge in [0.05, 0.1) is 12.2 Å². The Hall–Kier alpha value is -1.06. The summed E-state index contributed by atoms with van der Waals surface area (Å²) in [5, 5.41) is 9.25. The van der Waals surface area contributed by atoms with E-state index in [4.69, 9.17) is 9.47 Å². The van der Waals surface area contributed by atoms with E-state index in [0.717, 1.165) is 28.9 Å². The molecule has 2 rings (SSSR count). The standard InChI is InChI=1S/C17H26O3/c1-11-7-13(10-18)8-12(2)15(11)19-14-9-16(3,4)20-17(14,5)6/h7-8,14,18H,9-10H2,1-6H3. The molecule has 1 aromatic carbocycles. The second-order valence-corrected chi connectivity index (χ2v) is 6.99. The molecule has 1 aromatic rings. The van der Waals surface area contributed by atoms with Gasteiger partial charge in [-0.1, -0.05) is 12.1 Å². The first-order chi connectivity index (χ1) is 9.14. The summed E-state index contributed by atoms with van der Waals surface area (Å²) in [5.41, 5.74) is 2.61. The van der Waals surface area contributed by atoms with E-state index in [1.54, 1.807) is 0 Å². The molecule has 1 heterocycles. The highest BCUT2D eigenvalue weighted by Crippen LogP contribution is 2.40. The second kappa shape index (κ2) is 5.05. The molecule has 0 aromatic heterocycles. The van der Waals surface area contributed by atoms with Crippen LogP contribution < -0.4 is 4.74 Å². The highest BCUT2D eigenvalue weighted by atomic mass is 16.6. The van der Waals surface area contributed by atoms with Crippen molar-refractivity contribution in [1.82, 2.24) is 0 Å². The quantitative estimate of drug-likeness (QED) is 0.919. The van der Waals surface area contributed by atoms with Gasteiger partial charge in [0.25, 0.3) is 0 Å². The molecule has 1 aliphatic rings. The van der Waals surface area contributed by atoms with E-state index < -0.39 is 0 Å². The van der Waals surface area contributed by atoms with Crippen LogP contribution in [0.2, 0.25) is 0 Å². The maximum Gasteiger partial charge on any atom is 0.130 e. The zero-order valence-corrected chi connectivity index (χ0v) is 13.4. The Morgan fingerprint density at radius 3 is 2.15 bits per heavy atom. The zero-order valence-electron chi connectivity index (χ0n) is 13.4. The lowest BCUT2D eigenvalue weighted by molar-refractivity contribution is -0.0847. The molecule has 20 heavy (non-hydrogen) atoms. The van der Waals surface area contributed by atoms with Gasteiger partial charge in [-0.3, -0.25) is 0 Å². The summed E-state index contributed by atoms with van der Waals surface area (Å²) in [6.07, 6.45) is 0.913.